The van der Waals surface area contributed by atoms with E-state index >= 15 is 0 Å². The van der Waals surface area contributed by atoms with E-state index in [1.165, 1.54) is 0 Å². The fourth-order valence-electron chi connectivity index (χ4n) is 2.34. The van der Waals surface area contributed by atoms with Gasteiger partial charge in [0.2, 0.25) is 5.91 Å². The maximum absolute atomic E-state index is 12.2. The first kappa shape index (κ1) is 14.5. The van der Waals surface area contributed by atoms with Crippen molar-refractivity contribution in [3.05, 3.63) is 35.9 Å². The van der Waals surface area contributed by atoms with Crippen LogP contribution in [0.25, 0.3) is 0 Å². The molecule has 0 aromatic heterocycles. The van der Waals surface area contributed by atoms with E-state index in [9.17, 15) is 14.7 Å². The van der Waals surface area contributed by atoms with Crippen molar-refractivity contribution in [1.29, 1.82) is 0 Å². The van der Waals surface area contributed by atoms with Gasteiger partial charge in [-0.05, 0) is 32.4 Å². The highest BCUT2D eigenvalue weighted by molar-refractivity contribution is 5.97. The second kappa shape index (κ2) is 5.63. The number of hydrogen-bond acceptors (Lipinski definition) is 3. The highest BCUT2D eigenvalue weighted by atomic mass is 16.3. The van der Waals surface area contributed by atoms with Gasteiger partial charge in [-0.15, -0.1) is 0 Å². The largest absolute Gasteiger partial charge is 0.388 e. The van der Waals surface area contributed by atoms with Crippen LogP contribution in [-0.4, -0.2) is 46.6 Å². The number of carbonyl (C=O) groups excluding carboxylic acids is 2. The minimum Gasteiger partial charge on any atom is -0.388 e. The fourth-order valence-corrected chi connectivity index (χ4v) is 2.34. The number of amides is 2. The molecule has 0 saturated carbocycles. The van der Waals surface area contributed by atoms with E-state index in [2.05, 4.69) is 5.32 Å². The highest BCUT2D eigenvalue weighted by Gasteiger charge is 2.35. The third-order valence-corrected chi connectivity index (χ3v) is 3.52. The summed E-state index contributed by atoms with van der Waals surface area (Å²) in [6.45, 7) is 4.22. The number of β-amino-alcohol motifs (C(OH)–C–C–N with tert-alkyl or cyclic N) is 1. The Labute approximate surface area is 118 Å². The molecule has 2 atom stereocenters. The Kier molecular flexibility index (Phi) is 4.09. The number of hydrogen-bond donors (Lipinski definition) is 2. The van der Waals surface area contributed by atoms with Crippen molar-refractivity contribution in [3.63, 3.8) is 0 Å². The third-order valence-electron chi connectivity index (χ3n) is 3.52. The van der Waals surface area contributed by atoms with E-state index in [1.807, 2.05) is 6.07 Å². The van der Waals surface area contributed by atoms with Crippen LogP contribution in [0.2, 0.25) is 0 Å². The van der Waals surface area contributed by atoms with E-state index in [1.54, 1.807) is 43.0 Å². The van der Waals surface area contributed by atoms with Crippen LogP contribution in [0, 0.1) is 0 Å². The minimum atomic E-state index is -0.821. The number of aliphatic hydroxyl groups is 1. The van der Waals surface area contributed by atoms with Crippen molar-refractivity contribution in [2.24, 2.45) is 0 Å². The normalized spacial score (nSPS) is 23.4. The number of nitrogens with zero attached hydrogens (tertiary/aromatic N) is 1. The molecular formula is C15H20N2O3. The smallest absolute Gasteiger partial charge is 0.251 e. The summed E-state index contributed by atoms with van der Waals surface area (Å²) in [5, 5.41) is 12.6. The Morgan fingerprint density at radius 1 is 1.35 bits per heavy atom. The van der Waals surface area contributed by atoms with Crippen molar-refractivity contribution in [2.45, 2.75) is 31.9 Å². The molecule has 1 saturated heterocycles. The van der Waals surface area contributed by atoms with Gasteiger partial charge in [0, 0.05) is 18.7 Å². The fraction of sp³-hybridized carbons (Fsp3) is 0.467. The van der Waals surface area contributed by atoms with E-state index in [-0.39, 0.29) is 11.8 Å². The summed E-state index contributed by atoms with van der Waals surface area (Å²) in [6.07, 6.45) is 0.568. The molecule has 0 spiro atoms. The number of benzene rings is 1. The molecule has 0 radical (unpaired) electrons. The van der Waals surface area contributed by atoms with Gasteiger partial charge in [-0.1, -0.05) is 18.2 Å². The maximum atomic E-state index is 12.2. The number of likely N-dealkylation sites (tertiary alicyclic amines) is 1. The molecule has 0 bridgehead atoms. The van der Waals surface area contributed by atoms with Crippen LogP contribution in [0.5, 0.6) is 0 Å². The van der Waals surface area contributed by atoms with Gasteiger partial charge in [-0.2, -0.15) is 0 Å². The van der Waals surface area contributed by atoms with Crippen molar-refractivity contribution in [2.75, 3.05) is 13.1 Å². The summed E-state index contributed by atoms with van der Waals surface area (Å²) in [7, 11) is 0. The number of carbonyl (C=O) groups is 2. The van der Waals surface area contributed by atoms with Crippen molar-refractivity contribution in [3.8, 4) is 0 Å². The Balaban J connectivity index is 1.93. The lowest BCUT2D eigenvalue weighted by atomic mass is 10.1. The zero-order valence-corrected chi connectivity index (χ0v) is 11.8. The van der Waals surface area contributed by atoms with Gasteiger partial charge in [-0.3, -0.25) is 9.59 Å². The average Bonchev–Trinajstić information content (AvgIpc) is 2.79. The number of nitrogens with one attached hydrogen (secondary N) is 1. The first-order valence-electron chi connectivity index (χ1n) is 6.76. The van der Waals surface area contributed by atoms with Crippen LogP contribution >= 0.6 is 0 Å². The molecule has 5 heteroatoms. The molecule has 1 aliphatic heterocycles. The highest BCUT2D eigenvalue weighted by Crippen LogP contribution is 2.20. The van der Waals surface area contributed by atoms with Crippen molar-refractivity contribution in [1.82, 2.24) is 10.2 Å². The molecule has 20 heavy (non-hydrogen) atoms. The molecule has 0 aliphatic carbocycles. The summed E-state index contributed by atoms with van der Waals surface area (Å²) in [5.41, 5.74) is -0.292. The standard InChI is InChI=1S/C15H20N2O3/c1-11(14(19)17-9-8-15(2,20)10-17)16-13(18)12-6-4-3-5-7-12/h3-7,11,20H,8-10H2,1-2H3,(H,16,18). The lowest BCUT2D eigenvalue weighted by molar-refractivity contribution is -0.132. The lowest BCUT2D eigenvalue weighted by Gasteiger charge is -2.23. The molecule has 5 nitrogen and oxygen atoms in total. The predicted octanol–water partition coefficient (Wildman–Crippen LogP) is 0.788. The summed E-state index contributed by atoms with van der Waals surface area (Å²) in [4.78, 5) is 25.8. The molecule has 2 N–H and O–H groups in total. The summed E-state index contributed by atoms with van der Waals surface area (Å²) < 4.78 is 0. The molecule has 1 heterocycles. The van der Waals surface area contributed by atoms with Crippen LogP contribution in [-0.2, 0) is 4.79 Å². The second-order valence-corrected chi connectivity index (χ2v) is 5.57. The third kappa shape index (κ3) is 3.36. The summed E-state index contributed by atoms with van der Waals surface area (Å²) in [6, 6.07) is 8.19. The zero-order valence-electron chi connectivity index (χ0n) is 11.8. The van der Waals surface area contributed by atoms with Gasteiger partial charge in [0.25, 0.3) is 5.91 Å². The molecule has 1 aromatic rings. The second-order valence-electron chi connectivity index (χ2n) is 5.57. The van der Waals surface area contributed by atoms with Crippen LogP contribution in [0.15, 0.2) is 30.3 Å². The van der Waals surface area contributed by atoms with Crippen LogP contribution < -0.4 is 5.32 Å². The van der Waals surface area contributed by atoms with Crippen molar-refractivity contribution >= 4 is 11.8 Å². The van der Waals surface area contributed by atoms with Crippen LogP contribution in [0.1, 0.15) is 30.6 Å². The predicted molar refractivity (Wildman–Crippen MR) is 75.2 cm³/mol. The quantitative estimate of drug-likeness (QED) is 0.857. The number of rotatable bonds is 3. The molecule has 2 unspecified atom stereocenters. The first-order valence-corrected chi connectivity index (χ1v) is 6.76. The van der Waals surface area contributed by atoms with Gasteiger partial charge in [0.1, 0.15) is 6.04 Å². The Morgan fingerprint density at radius 3 is 2.55 bits per heavy atom. The van der Waals surface area contributed by atoms with Gasteiger partial charge in [-0.25, -0.2) is 0 Å². The molecule has 1 aromatic carbocycles. The van der Waals surface area contributed by atoms with Crippen LogP contribution in [0.4, 0.5) is 0 Å². The Bertz CT molecular complexity index is 499. The van der Waals surface area contributed by atoms with Crippen LogP contribution in [0.3, 0.4) is 0 Å². The van der Waals surface area contributed by atoms with E-state index in [0.717, 1.165) is 0 Å². The van der Waals surface area contributed by atoms with E-state index in [0.29, 0.717) is 25.1 Å². The SMILES string of the molecule is CC(NC(=O)c1ccccc1)C(=O)N1CCC(C)(O)C1. The molecular weight excluding hydrogens is 256 g/mol. The topological polar surface area (TPSA) is 69.6 Å². The minimum absolute atomic E-state index is 0.160. The zero-order chi connectivity index (χ0) is 14.8. The average molecular weight is 276 g/mol. The first-order chi connectivity index (χ1) is 9.39. The van der Waals surface area contributed by atoms with E-state index in [4.69, 9.17) is 0 Å². The van der Waals surface area contributed by atoms with Crippen molar-refractivity contribution < 1.29 is 14.7 Å². The molecule has 1 aliphatic rings. The van der Waals surface area contributed by atoms with Gasteiger partial charge in [0.15, 0.2) is 0 Å². The van der Waals surface area contributed by atoms with Gasteiger partial charge in [0.05, 0.1) is 5.60 Å². The molecule has 1 fully saturated rings. The lowest BCUT2D eigenvalue weighted by Crippen LogP contribution is -2.47. The molecule has 2 amide bonds. The Morgan fingerprint density at radius 2 is 2.00 bits per heavy atom. The monoisotopic (exact) mass is 276 g/mol. The molecule has 108 valence electrons. The maximum Gasteiger partial charge on any atom is 0.251 e. The molecule has 2 rings (SSSR count). The summed E-state index contributed by atoms with van der Waals surface area (Å²) in [5.74, 6) is -0.426. The van der Waals surface area contributed by atoms with Gasteiger partial charge < -0.3 is 15.3 Å². The van der Waals surface area contributed by atoms with Gasteiger partial charge >= 0.3 is 0 Å². The Hall–Kier alpha value is -1.88. The summed E-state index contributed by atoms with van der Waals surface area (Å²) >= 11 is 0. The van der Waals surface area contributed by atoms with E-state index < -0.39 is 11.6 Å².